The van der Waals surface area contributed by atoms with Gasteiger partial charge < -0.3 is 0 Å². The van der Waals surface area contributed by atoms with Crippen molar-refractivity contribution >= 4 is 40.7 Å². The fraction of sp³-hybridized carbons (Fsp3) is 0.0769. The molecule has 8 heteroatoms. The average Bonchev–Trinajstić information content (AvgIpc) is 2.80. The molecule has 6 nitrogen and oxygen atoms in total. The Bertz CT molecular complexity index is 753. The highest BCUT2D eigenvalue weighted by molar-refractivity contribution is 6.35. The summed E-state index contributed by atoms with van der Waals surface area (Å²) in [5.41, 5.74) is 0.0196. The molecule has 0 aliphatic carbocycles. The first-order valence-corrected chi connectivity index (χ1v) is 6.49. The summed E-state index contributed by atoms with van der Waals surface area (Å²) in [4.78, 5) is 22.2. The Balaban J connectivity index is 2.29. The highest BCUT2D eigenvalue weighted by Gasteiger charge is 2.23. The summed E-state index contributed by atoms with van der Waals surface area (Å²) in [7, 11) is 1.50. The van der Waals surface area contributed by atoms with Gasteiger partial charge in [-0.05, 0) is 29.8 Å². The van der Waals surface area contributed by atoms with E-state index in [0.717, 1.165) is 0 Å². The van der Waals surface area contributed by atoms with E-state index in [9.17, 15) is 14.9 Å². The quantitative estimate of drug-likeness (QED) is 0.373. The van der Waals surface area contributed by atoms with Crippen molar-refractivity contribution in [1.82, 2.24) is 9.78 Å². The molecule has 1 aromatic carbocycles. The van der Waals surface area contributed by atoms with Crippen LogP contribution in [0, 0.1) is 10.1 Å². The van der Waals surface area contributed by atoms with Gasteiger partial charge in [0.1, 0.15) is 6.20 Å². The van der Waals surface area contributed by atoms with Gasteiger partial charge in [0.05, 0.1) is 4.92 Å². The van der Waals surface area contributed by atoms with E-state index in [0.29, 0.717) is 15.6 Å². The third-order valence-electron chi connectivity index (χ3n) is 2.62. The van der Waals surface area contributed by atoms with Crippen LogP contribution >= 0.6 is 23.2 Å². The number of hydrogen-bond acceptors (Lipinski definition) is 4. The van der Waals surface area contributed by atoms with Crippen LogP contribution in [0.3, 0.4) is 0 Å². The van der Waals surface area contributed by atoms with E-state index in [1.165, 1.54) is 36.1 Å². The molecule has 0 aliphatic heterocycles. The molecule has 0 saturated carbocycles. The molecule has 0 N–H and O–H groups in total. The van der Waals surface area contributed by atoms with Crippen LogP contribution in [0.15, 0.2) is 30.5 Å². The molecule has 0 fully saturated rings. The lowest BCUT2D eigenvalue weighted by molar-refractivity contribution is -0.385. The normalized spacial score (nSPS) is 11.0. The lowest BCUT2D eigenvalue weighted by atomic mass is 10.1. The van der Waals surface area contributed by atoms with Crippen LogP contribution in [0.5, 0.6) is 0 Å². The number of nitrogens with zero attached hydrogens (tertiary/aromatic N) is 3. The number of ketones is 1. The zero-order valence-electron chi connectivity index (χ0n) is 10.8. The third kappa shape index (κ3) is 3.48. The number of halogens is 2. The molecule has 0 spiro atoms. The Morgan fingerprint density at radius 2 is 2.14 bits per heavy atom. The second-order valence-electron chi connectivity index (χ2n) is 4.16. The minimum atomic E-state index is -0.649. The van der Waals surface area contributed by atoms with Crippen molar-refractivity contribution in [3.05, 3.63) is 61.9 Å². The molecule has 108 valence electrons. The predicted octanol–water partition coefficient (Wildman–Crippen LogP) is 3.53. The molecule has 0 unspecified atom stereocenters. The Morgan fingerprint density at radius 1 is 1.43 bits per heavy atom. The summed E-state index contributed by atoms with van der Waals surface area (Å²) in [6, 6.07) is 4.80. The van der Waals surface area contributed by atoms with E-state index in [2.05, 4.69) is 5.10 Å². The maximum atomic E-state index is 12.0. The van der Waals surface area contributed by atoms with Crippen molar-refractivity contribution in [2.45, 2.75) is 0 Å². The number of benzene rings is 1. The molecule has 2 aromatic rings. The van der Waals surface area contributed by atoms with Crippen molar-refractivity contribution in [3.63, 3.8) is 0 Å². The molecular formula is C13H9Cl2N3O3. The van der Waals surface area contributed by atoms with Gasteiger partial charge in [-0.15, -0.1) is 0 Å². The number of carbonyl (C=O) groups is 1. The van der Waals surface area contributed by atoms with E-state index >= 15 is 0 Å². The van der Waals surface area contributed by atoms with Gasteiger partial charge in [0, 0.05) is 17.1 Å². The molecule has 2 rings (SSSR count). The van der Waals surface area contributed by atoms with Crippen LogP contribution in [0.2, 0.25) is 10.0 Å². The lowest BCUT2D eigenvalue weighted by Crippen LogP contribution is -2.01. The van der Waals surface area contributed by atoms with Gasteiger partial charge >= 0.3 is 5.69 Å². The number of aromatic nitrogens is 2. The summed E-state index contributed by atoms with van der Waals surface area (Å²) < 4.78 is 1.22. The molecular weight excluding hydrogens is 317 g/mol. The van der Waals surface area contributed by atoms with Gasteiger partial charge in [-0.3, -0.25) is 19.6 Å². The van der Waals surface area contributed by atoms with Crippen molar-refractivity contribution in [2.75, 3.05) is 0 Å². The van der Waals surface area contributed by atoms with Crippen molar-refractivity contribution in [2.24, 2.45) is 7.05 Å². The van der Waals surface area contributed by atoms with E-state index < -0.39 is 10.7 Å². The number of nitro groups is 1. The molecule has 0 radical (unpaired) electrons. The second kappa shape index (κ2) is 6.07. The number of rotatable bonds is 4. The SMILES string of the molecule is Cn1cc([N+](=O)[O-])c(C(=O)/C=C/c2ccc(Cl)cc2Cl)n1. The minimum Gasteiger partial charge on any atom is -0.287 e. The topological polar surface area (TPSA) is 78.0 Å². The van der Waals surface area contributed by atoms with Crippen LogP contribution in [0.1, 0.15) is 16.1 Å². The molecule has 0 atom stereocenters. The summed E-state index contributed by atoms with van der Waals surface area (Å²) in [6.07, 6.45) is 3.82. The number of carbonyl (C=O) groups excluding carboxylic acids is 1. The lowest BCUT2D eigenvalue weighted by Gasteiger charge is -1.98. The van der Waals surface area contributed by atoms with E-state index in [4.69, 9.17) is 23.2 Å². The van der Waals surface area contributed by atoms with Crippen molar-refractivity contribution in [1.29, 1.82) is 0 Å². The van der Waals surface area contributed by atoms with Gasteiger partial charge in [0.2, 0.25) is 11.5 Å². The third-order valence-corrected chi connectivity index (χ3v) is 3.18. The average molecular weight is 326 g/mol. The largest absolute Gasteiger partial charge is 0.318 e. The van der Waals surface area contributed by atoms with Gasteiger partial charge in [-0.2, -0.15) is 5.10 Å². The standard InChI is InChI=1S/C13H9Cl2N3O3/c1-17-7-11(18(20)21)13(16-17)12(19)5-3-8-2-4-9(14)6-10(8)15/h2-7H,1H3/b5-3+. The van der Waals surface area contributed by atoms with Crippen molar-refractivity contribution in [3.8, 4) is 0 Å². The maximum Gasteiger partial charge on any atom is 0.318 e. The molecule has 0 saturated heterocycles. The first kappa shape index (κ1) is 15.2. The molecule has 21 heavy (non-hydrogen) atoms. The number of hydrogen-bond donors (Lipinski definition) is 0. The molecule has 0 amide bonds. The summed E-state index contributed by atoms with van der Waals surface area (Å²) >= 11 is 11.7. The second-order valence-corrected chi connectivity index (χ2v) is 5.00. The highest BCUT2D eigenvalue weighted by Crippen LogP contribution is 2.23. The van der Waals surface area contributed by atoms with Crippen LogP contribution < -0.4 is 0 Å². The van der Waals surface area contributed by atoms with E-state index in [1.54, 1.807) is 12.1 Å². The Morgan fingerprint density at radius 3 is 2.76 bits per heavy atom. The molecule has 1 heterocycles. The molecule has 0 bridgehead atoms. The fourth-order valence-electron chi connectivity index (χ4n) is 1.67. The van der Waals surface area contributed by atoms with Crippen molar-refractivity contribution < 1.29 is 9.72 Å². The minimum absolute atomic E-state index is 0.219. The molecule has 0 aliphatic rings. The number of allylic oxidation sites excluding steroid dienone is 1. The smallest absolute Gasteiger partial charge is 0.287 e. The van der Waals surface area contributed by atoms with Crippen LogP contribution in [0.4, 0.5) is 5.69 Å². The summed E-state index contributed by atoms with van der Waals surface area (Å²) in [5.74, 6) is -0.576. The Hall–Kier alpha value is -2.18. The Kier molecular flexibility index (Phi) is 4.40. The zero-order valence-corrected chi connectivity index (χ0v) is 12.3. The predicted molar refractivity (Wildman–Crippen MR) is 79.7 cm³/mol. The summed E-state index contributed by atoms with van der Waals surface area (Å²) in [5, 5.41) is 15.5. The zero-order chi connectivity index (χ0) is 15.6. The van der Waals surface area contributed by atoms with Gasteiger partial charge in [0.15, 0.2) is 0 Å². The van der Waals surface area contributed by atoms with Crippen LogP contribution in [-0.2, 0) is 7.05 Å². The van der Waals surface area contributed by atoms with Gasteiger partial charge in [-0.1, -0.05) is 29.3 Å². The first-order chi connectivity index (χ1) is 9.88. The van der Waals surface area contributed by atoms with E-state index in [-0.39, 0.29) is 11.4 Å². The van der Waals surface area contributed by atoms with Gasteiger partial charge in [0.25, 0.3) is 0 Å². The monoisotopic (exact) mass is 325 g/mol. The maximum absolute atomic E-state index is 12.0. The highest BCUT2D eigenvalue weighted by atomic mass is 35.5. The van der Waals surface area contributed by atoms with Crippen LogP contribution in [0.25, 0.3) is 6.08 Å². The van der Waals surface area contributed by atoms with Gasteiger partial charge in [-0.25, -0.2) is 0 Å². The Labute approximate surface area is 129 Å². The first-order valence-electron chi connectivity index (χ1n) is 5.74. The summed E-state index contributed by atoms with van der Waals surface area (Å²) in [6.45, 7) is 0. The fourth-order valence-corrected chi connectivity index (χ4v) is 2.14. The molecule has 1 aromatic heterocycles. The number of aryl methyl sites for hydroxylation is 1. The van der Waals surface area contributed by atoms with E-state index in [1.807, 2.05) is 0 Å². The van der Waals surface area contributed by atoms with Crippen LogP contribution in [-0.4, -0.2) is 20.5 Å².